The Kier molecular flexibility index (Phi) is 3.78. The predicted octanol–water partition coefficient (Wildman–Crippen LogP) is 1.80. The van der Waals surface area contributed by atoms with Crippen molar-refractivity contribution in [1.82, 2.24) is 19.3 Å². The molecule has 0 saturated heterocycles. The Morgan fingerprint density at radius 3 is 2.33 bits per heavy atom. The van der Waals surface area contributed by atoms with Gasteiger partial charge in [0.2, 0.25) is 11.7 Å². The second kappa shape index (κ2) is 6.38. The molecule has 1 aliphatic rings. The van der Waals surface area contributed by atoms with E-state index in [4.69, 9.17) is 0 Å². The number of anilines is 1. The molecule has 0 fully saturated rings. The molecule has 0 aliphatic carbocycles. The summed E-state index contributed by atoms with van der Waals surface area (Å²) >= 11 is 0. The highest BCUT2D eigenvalue weighted by molar-refractivity contribution is 6.23. The summed E-state index contributed by atoms with van der Waals surface area (Å²) in [6.45, 7) is 1.47. The normalized spacial score (nSPS) is 14.4. The summed E-state index contributed by atoms with van der Waals surface area (Å²) in [6, 6.07) is 13.8. The molecule has 1 unspecified atom stereocenters. The van der Waals surface area contributed by atoms with E-state index in [-0.39, 0.29) is 22.7 Å². The quantitative estimate of drug-likeness (QED) is 0.508. The van der Waals surface area contributed by atoms with Gasteiger partial charge in [0.25, 0.3) is 17.4 Å². The van der Waals surface area contributed by atoms with Crippen LogP contribution in [0.2, 0.25) is 0 Å². The van der Waals surface area contributed by atoms with E-state index < -0.39 is 29.3 Å². The smallest absolute Gasteiger partial charge is 0.262 e. The highest BCUT2D eigenvalue weighted by Gasteiger charge is 2.40. The number of nitrogens with one attached hydrogen (secondary N) is 2. The van der Waals surface area contributed by atoms with Gasteiger partial charge in [-0.3, -0.25) is 33.5 Å². The van der Waals surface area contributed by atoms with Crippen molar-refractivity contribution in [2.75, 3.05) is 5.32 Å². The summed E-state index contributed by atoms with van der Waals surface area (Å²) in [5.74, 6) is -1.19. The molecule has 30 heavy (non-hydrogen) atoms. The van der Waals surface area contributed by atoms with Gasteiger partial charge in [-0.1, -0.05) is 24.3 Å². The number of hydrogen-bond donors (Lipinski definition) is 2. The van der Waals surface area contributed by atoms with E-state index in [0.717, 1.165) is 4.90 Å². The molecule has 2 aromatic heterocycles. The molecular weight excluding hydrogens is 386 g/mol. The standard InChI is InChI=1S/C21H15N5O4/c1-11(25-19(29)12-6-2-3-7-13(12)20(25)30)18(28)23-16-10-17(27)24-21-22-14-8-4-5-9-15(14)26(16)21/h2-11H,1H3,(H,23,28)(H,22,24,27). The zero-order chi connectivity index (χ0) is 21.0. The maximum atomic E-state index is 13.0. The fourth-order valence-corrected chi connectivity index (χ4v) is 3.69. The third-order valence-corrected chi connectivity index (χ3v) is 5.15. The summed E-state index contributed by atoms with van der Waals surface area (Å²) in [5.41, 5.74) is 1.42. The number of amides is 3. The number of rotatable bonds is 3. The van der Waals surface area contributed by atoms with Crippen LogP contribution in [0.3, 0.4) is 0 Å². The number of nitrogens with zero attached hydrogens (tertiary/aromatic N) is 3. The largest absolute Gasteiger partial charge is 0.310 e. The highest BCUT2D eigenvalue weighted by Crippen LogP contribution is 2.25. The highest BCUT2D eigenvalue weighted by atomic mass is 16.2. The van der Waals surface area contributed by atoms with Crippen molar-refractivity contribution in [2.45, 2.75) is 13.0 Å². The summed E-state index contributed by atoms with van der Waals surface area (Å²) in [5, 5.41) is 2.67. The molecule has 1 aliphatic heterocycles. The zero-order valence-electron chi connectivity index (χ0n) is 15.7. The van der Waals surface area contributed by atoms with Crippen molar-refractivity contribution in [3.8, 4) is 0 Å². The number of carbonyl (C=O) groups excluding carboxylic acids is 3. The van der Waals surface area contributed by atoms with E-state index in [9.17, 15) is 19.2 Å². The number of imidazole rings is 1. The van der Waals surface area contributed by atoms with Crippen molar-refractivity contribution in [3.63, 3.8) is 0 Å². The number of aromatic nitrogens is 3. The lowest BCUT2D eigenvalue weighted by atomic mass is 10.1. The van der Waals surface area contributed by atoms with Gasteiger partial charge in [0.05, 0.1) is 22.2 Å². The Labute approximate surface area is 169 Å². The summed E-state index contributed by atoms with van der Waals surface area (Å²) in [6.07, 6.45) is 0. The van der Waals surface area contributed by atoms with Crippen LogP contribution in [0, 0.1) is 0 Å². The molecule has 0 radical (unpaired) electrons. The van der Waals surface area contributed by atoms with Crippen LogP contribution in [0.5, 0.6) is 0 Å². The predicted molar refractivity (Wildman–Crippen MR) is 108 cm³/mol. The van der Waals surface area contributed by atoms with Crippen molar-refractivity contribution in [2.24, 2.45) is 0 Å². The van der Waals surface area contributed by atoms with E-state index in [1.165, 1.54) is 13.0 Å². The van der Waals surface area contributed by atoms with Gasteiger partial charge in [-0.25, -0.2) is 4.98 Å². The van der Waals surface area contributed by atoms with Gasteiger partial charge in [-0.2, -0.15) is 0 Å². The summed E-state index contributed by atoms with van der Waals surface area (Å²) < 4.78 is 1.60. The summed E-state index contributed by atoms with van der Waals surface area (Å²) in [4.78, 5) is 58.2. The number of aromatic amines is 1. The summed E-state index contributed by atoms with van der Waals surface area (Å²) in [7, 11) is 0. The Morgan fingerprint density at radius 1 is 1.00 bits per heavy atom. The Balaban J connectivity index is 1.52. The number of carbonyl (C=O) groups is 3. The molecular formula is C21H15N5O4. The molecule has 0 bridgehead atoms. The molecule has 5 rings (SSSR count). The lowest BCUT2D eigenvalue weighted by Crippen LogP contribution is -2.45. The zero-order valence-corrected chi connectivity index (χ0v) is 15.7. The van der Waals surface area contributed by atoms with Crippen LogP contribution in [0.25, 0.3) is 16.8 Å². The molecule has 148 valence electrons. The minimum Gasteiger partial charge on any atom is -0.310 e. The topological polar surface area (TPSA) is 117 Å². The molecule has 9 nitrogen and oxygen atoms in total. The van der Waals surface area contributed by atoms with Crippen LogP contribution in [0.4, 0.5) is 5.82 Å². The van der Waals surface area contributed by atoms with E-state index in [0.29, 0.717) is 11.0 Å². The van der Waals surface area contributed by atoms with Gasteiger partial charge in [0.15, 0.2) is 0 Å². The molecule has 0 spiro atoms. The van der Waals surface area contributed by atoms with Crippen LogP contribution in [-0.4, -0.2) is 43.0 Å². The Hall–Kier alpha value is -4.27. The van der Waals surface area contributed by atoms with Crippen molar-refractivity contribution < 1.29 is 14.4 Å². The molecule has 3 heterocycles. The number of H-pyrrole nitrogens is 1. The molecule has 9 heteroatoms. The van der Waals surface area contributed by atoms with E-state index >= 15 is 0 Å². The second-order valence-electron chi connectivity index (χ2n) is 6.97. The molecule has 4 aromatic rings. The average Bonchev–Trinajstić information content (AvgIpc) is 3.22. The molecule has 2 N–H and O–H groups in total. The monoisotopic (exact) mass is 401 g/mol. The van der Waals surface area contributed by atoms with Crippen molar-refractivity contribution in [1.29, 1.82) is 0 Å². The van der Waals surface area contributed by atoms with Crippen LogP contribution in [0.1, 0.15) is 27.6 Å². The second-order valence-corrected chi connectivity index (χ2v) is 6.97. The van der Waals surface area contributed by atoms with Gasteiger partial charge >= 0.3 is 0 Å². The van der Waals surface area contributed by atoms with Gasteiger partial charge in [-0.15, -0.1) is 0 Å². The van der Waals surface area contributed by atoms with Crippen LogP contribution < -0.4 is 10.9 Å². The number of benzene rings is 2. The lowest BCUT2D eigenvalue weighted by molar-refractivity contribution is -0.119. The van der Waals surface area contributed by atoms with Crippen molar-refractivity contribution >= 4 is 40.4 Å². The van der Waals surface area contributed by atoms with Crippen LogP contribution >= 0.6 is 0 Å². The molecule has 2 aromatic carbocycles. The van der Waals surface area contributed by atoms with Gasteiger partial charge in [0.1, 0.15) is 11.9 Å². The first-order chi connectivity index (χ1) is 14.5. The van der Waals surface area contributed by atoms with E-state index in [1.807, 2.05) is 12.1 Å². The molecule has 1 atom stereocenters. The first-order valence-corrected chi connectivity index (χ1v) is 9.24. The number of hydrogen-bond acceptors (Lipinski definition) is 5. The first kappa shape index (κ1) is 17.8. The third-order valence-electron chi connectivity index (χ3n) is 5.15. The fraction of sp³-hybridized carbons (Fsp3) is 0.0952. The van der Waals surface area contributed by atoms with E-state index in [2.05, 4.69) is 15.3 Å². The Bertz CT molecular complexity index is 1400. The fourth-order valence-electron chi connectivity index (χ4n) is 3.69. The molecule has 0 saturated carbocycles. The SMILES string of the molecule is CC(C(=O)Nc1cc(=O)[nH]c2nc3ccccc3n12)N1C(=O)c2ccccc2C1=O. The Morgan fingerprint density at radius 2 is 1.63 bits per heavy atom. The number of imide groups is 1. The minimum absolute atomic E-state index is 0.191. The van der Waals surface area contributed by atoms with Crippen LogP contribution in [0.15, 0.2) is 59.4 Å². The minimum atomic E-state index is -1.08. The van der Waals surface area contributed by atoms with Crippen molar-refractivity contribution in [3.05, 3.63) is 76.1 Å². The number of para-hydroxylation sites is 2. The average molecular weight is 401 g/mol. The number of fused-ring (bicyclic) bond motifs is 4. The third kappa shape index (κ3) is 2.52. The lowest BCUT2D eigenvalue weighted by Gasteiger charge is -2.22. The van der Waals surface area contributed by atoms with Crippen LogP contribution in [-0.2, 0) is 4.79 Å². The van der Waals surface area contributed by atoms with Gasteiger partial charge in [-0.05, 0) is 31.2 Å². The van der Waals surface area contributed by atoms with Gasteiger partial charge < -0.3 is 5.32 Å². The van der Waals surface area contributed by atoms with E-state index in [1.54, 1.807) is 40.8 Å². The van der Waals surface area contributed by atoms with Gasteiger partial charge in [0, 0.05) is 6.07 Å². The maximum Gasteiger partial charge on any atom is 0.262 e. The first-order valence-electron chi connectivity index (χ1n) is 9.24. The maximum absolute atomic E-state index is 13.0. The molecule has 3 amide bonds.